The molecule has 4 rings (SSSR count). The van der Waals surface area contributed by atoms with Gasteiger partial charge in [0.15, 0.2) is 0 Å². The van der Waals surface area contributed by atoms with E-state index in [0.29, 0.717) is 11.6 Å². The van der Waals surface area contributed by atoms with E-state index in [9.17, 15) is 4.79 Å². The molecule has 0 heterocycles. The largest absolute Gasteiger partial charge is 0.382 e. The maximum atomic E-state index is 12.0. The summed E-state index contributed by atoms with van der Waals surface area (Å²) >= 11 is 0. The molecule has 1 aliphatic rings. The Morgan fingerprint density at radius 1 is 0.897 bits per heavy atom. The quantitative estimate of drug-likeness (QED) is 0.565. The van der Waals surface area contributed by atoms with E-state index in [0.717, 1.165) is 30.5 Å². The molecule has 3 heteroatoms. The highest BCUT2D eigenvalue weighted by Crippen LogP contribution is 2.31. The number of hydrogen-bond donors (Lipinski definition) is 2. The van der Waals surface area contributed by atoms with Crippen LogP contribution in [0, 0.1) is 0 Å². The van der Waals surface area contributed by atoms with E-state index in [1.165, 1.54) is 36.0 Å². The van der Waals surface area contributed by atoms with E-state index < -0.39 is 0 Å². The Labute approximate surface area is 173 Å². The molecule has 0 radical (unpaired) electrons. The molecular formula is C26H28N2O. The summed E-state index contributed by atoms with van der Waals surface area (Å²) in [6.45, 7) is 0. The van der Waals surface area contributed by atoms with Gasteiger partial charge in [0.25, 0.3) is 5.91 Å². The zero-order valence-electron chi connectivity index (χ0n) is 16.7. The standard InChI is InChI=1S/C26H28N2O/c27-26(29)24-16-15-21(18-25(24)28-22-12-5-2-6-13-22)23-14-8-7-11-20(23)17-19-9-3-1-4-10-19/h1,3-4,7-11,14-16,18,22,28H,2,5-6,12-13,17H2,(H2,27,29). The molecule has 1 amide bonds. The first-order valence-corrected chi connectivity index (χ1v) is 10.5. The van der Waals surface area contributed by atoms with Gasteiger partial charge in [-0.25, -0.2) is 0 Å². The van der Waals surface area contributed by atoms with Gasteiger partial charge in [-0.05, 0) is 53.6 Å². The van der Waals surface area contributed by atoms with Gasteiger partial charge in [-0.3, -0.25) is 4.79 Å². The molecule has 3 nitrogen and oxygen atoms in total. The molecule has 0 bridgehead atoms. The summed E-state index contributed by atoms with van der Waals surface area (Å²) in [5, 5.41) is 3.61. The Kier molecular flexibility index (Phi) is 5.95. The van der Waals surface area contributed by atoms with Crippen molar-refractivity contribution < 1.29 is 4.79 Å². The zero-order chi connectivity index (χ0) is 20.1. The number of rotatable bonds is 6. The second-order valence-electron chi connectivity index (χ2n) is 7.92. The van der Waals surface area contributed by atoms with Crippen molar-refractivity contribution in [3.63, 3.8) is 0 Å². The number of carbonyl (C=O) groups excluding carboxylic acids is 1. The van der Waals surface area contributed by atoms with Crippen molar-refractivity contribution in [2.24, 2.45) is 5.73 Å². The van der Waals surface area contributed by atoms with Crippen molar-refractivity contribution in [2.45, 2.75) is 44.6 Å². The van der Waals surface area contributed by atoms with Crippen LogP contribution in [0.2, 0.25) is 0 Å². The first-order valence-electron chi connectivity index (χ1n) is 10.5. The third-order valence-electron chi connectivity index (χ3n) is 5.82. The van der Waals surface area contributed by atoms with E-state index in [1.54, 1.807) is 0 Å². The van der Waals surface area contributed by atoms with Crippen molar-refractivity contribution in [1.82, 2.24) is 0 Å². The summed E-state index contributed by atoms with van der Waals surface area (Å²) in [5.41, 5.74) is 12.0. The average Bonchev–Trinajstić information content (AvgIpc) is 2.75. The Morgan fingerprint density at radius 2 is 1.62 bits per heavy atom. The summed E-state index contributed by atoms with van der Waals surface area (Å²) < 4.78 is 0. The van der Waals surface area contributed by atoms with Gasteiger partial charge in [-0.2, -0.15) is 0 Å². The maximum Gasteiger partial charge on any atom is 0.250 e. The number of amides is 1. The monoisotopic (exact) mass is 384 g/mol. The molecule has 0 spiro atoms. The van der Waals surface area contributed by atoms with Gasteiger partial charge < -0.3 is 11.1 Å². The summed E-state index contributed by atoms with van der Waals surface area (Å²) in [6.07, 6.45) is 6.94. The van der Waals surface area contributed by atoms with Crippen molar-refractivity contribution in [3.05, 3.63) is 89.5 Å². The molecule has 0 atom stereocenters. The highest BCUT2D eigenvalue weighted by Gasteiger charge is 2.17. The van der Waals surface area contributed by atoms with Crippen LogP contribution >= 0.6 is 0 Å². The first-order chi connectivity index (χ1) is 14.2. The molecule has 3 aromatic carbocycles. The second-order valence-corrected chi connectivity index (χ2v) is 7.92. The number of nitrogens with two attached hydrogens (primary N) is 1. The Balaban J connectivity index is 1.68. The lowest BCUT2D eigenvalue weighted by Crippen LogP contribution is -2.24. The SMILES string of the molecule is NC(=O)c1ccc(-c2ccccc2Cc2ccccc2)cc1NC1CCCCC1. The summed E-state index contributed by atoms with van der Waals surface area (Å²) in [5.74, 6) is -0.382. The van der Waals surface area contributed by atoms with Crippen LogP contribution in [0.1, 0.15) is 53.6 Å². The summed E-state index contributed by atoms with van der Waals surface area (Å²) in [7, 11) is 0. The van der Waals surface area contributed by atoms with E-state index >= 15 is 0 Å². The predicted octanol–water partition coefficient (Wildman–Crippen LogP) is 5.79. The van der Waals surface area contributed by atoms with Crippen LogP contribution in [0.15, 0.2) is 72.8 Å². The Hall–Kier alpha value is -3.07. The third kappa shape index (κ3) is 4.68. The van der Waals surface area contributed by atoms with Gasteiger partial charge in [0, 0.05) is 11.7 Å². The fourth-order valence-electron chi connectivity index (χ4n) is 4.28. The number of carbonyl (C=O) groups is 1. The molecule has 0 saturated heterocycles. The molecule has 1 aliphatic carbocycles. The summed E-state index contributed by atoms with van der Waals surface area (Å²) in [4.78, 5) is 12.0. The predicted molar refractivity (Wildman–Crippen MR) is 120 cm³/mol. The van der Waals surface area contributed by atoms with E-state index in [1.807, 2.05) is 18.2 Å². The number of benzene rings is 3. The average molecular weight is 385 g/mol. The molecule has 0 aromatic heterocycles. The van der Waals surface area contributed by atoms with Crippen LogP contribution in [-0.4, -0.2) is 11.9 Å². The number of nitrogens with one attached hydrogen (secondary N) is 1. The fourth-order valence-corrected chi connectivity index (χ4v) is 4.28. The lowest BCUT2D eigenvalue weighted by atomic mass is 9.92. The summed E-state index contributed by atoms with van der Waals surface area (Å²) in [6, 6.07) is 25.4. The molecule has 0 aliphatic heterocycles. The zero-order valence-corrected chi connectivity index (χ0v) is 16.7. The molecule has 29 heavy (non-hydrogen) atoms. The number of primary amides is 1. The lowest BCUT2D eigenvalue weighted by Gasteiger charge is -2.25. The van der Waals surface area contributed by atoms with Crippen LogP contribution in [0.25, 0.3) is 11.1 Å². The van der Waals surface area contributed by atoms with Gasteiger partial charge in [0.2, 0.25) is 0 Å². The molecule has 1 saturated carbocycles. The van der Waals surface area contributed by atoms with Crippen molar-refractivity contribution >= 4 is 11.6 Å². The van der Waals surface area contributed by atoms with Crippen LogP contribution in [0.3, 0.4) is 0 Å². The minimum atomic E-state index is -0.382. The molecule has 3 N–H and O–H groups in total. The topological polar surface area (TPSA) is 55.1 Å². The maximum absolute atomic E-state index is 12.0. The van der Waals surface area contributed by atoms with Crippen LogP contribution in [0.5, 0.6) is 0 Å². The Bertz CT molecular complexity index is 975. The van der Waals surface area contributed by atoms with E-state index in [-0.39, 0.29) is 5.91 Å². The highest BCUT2D eigenvalue weighted by molar-refractivity contribution is 5.99. The number of anilines is 1. The molecule has 0 unspecified atom stereocenters. The van der Waals surface area contributed by atoms with Crippen LogP contribution < -0.4 is 11.1 Å². The van der Waals surface area contributed by atoms with Crippen molar-refractivity contribution in [3.8, 4) is 11.1 Å². The minimum absolute atomic E-state index is 0.382. The normalized spacial score (nSPS) is 14.5. The molecular weight excluding hydrogens is 356 g/mol. The third-order valence-corrected chi connectivity index (χ3v) is 5.82. The minimum Gasteiger partial charge on any atom is -0.382 e. The molecule has 1 fully saturated rings. The van der Waals surface area contributed by atoms with Gasteiger partial charge in [-0.15, -0.1) is 0 Å². The van der Waals surface area contributed by atoms with Crippen molar-refractivity contribution in [2.75, 3.05) is 5.32 Å². The van der Waals surface area contributed by atoms with Gasteiger partial charge in [0.05, 0.1) is 5.56 Å². The van der Waals surface area contributed by atoms with Gasteiger partial charge in [-0.1, -0.05) is 79.9 Å². The van der Waals surface area contributed by atoms with E-state index in [4.69, 9.17) is 5.73 Å². The van der Waals surface area contributed by atoms with Crippen LogP contribution in [-0.2, 0) is 6.42 Å². The van der Waals surface area contributed by atoms with E-state index in [2.05, 4.69) is 59.9 Å². The van der Waals surface area contributed by atoms with Gasteiger partial charge in [0.1, 0.15) is 0 Å². The first kappa shape index (κ1) is 19.3. The molecule has 148 valence electrons. The fraction of sp³-hybridized carbons (Fsp3) is 0.269. The highest BCUT2D eigenvalue weighted by atomic mass is 16.1. The Morgan fingerprint density at radius 3 is 2.38 bits per heavy atom. The molecule has 3 aromatic rings. The van der Waals surface area contributed by atoms with Crippen molar-refractivity contribution in [1.29, 1.82) is 0 Å². The number of hydrogen-bond acceptors (Lipinski definition) is 2. The second kappa shape index (κ2) is 8.95. The van der Waals surface area contributed by atoms with Gasteiger partial charge >= 0.3 is 0 Å². The van der Waals surface area contributed by atoms with Crippen LogP contribution in [0.4, 0.5) is 5.69 Å². The lowest BCUT2D eigenvalue weighted by molar-refractivity contribution is 0.100. The smallest absolute Gasteiger partial charge is 0.250 e.